The number of hydrogen-bond acceptors (Lipinski definition) is 1. The highest BCUT2D eigenvalue weighted by Gasteiger charge is 2.38. The molecule has 0 aromatic carbocycles. The number of allylic oxidation sites excluding steroid dienone is 1. The van der Waals surface area contributed by atoms with Gasteiger partial charge in [0.1, 0.15) is 5.78 Å². The van der Waals surface area contributed by atoms with Gasteiger partial charge in [0.25, 0.3) is 0 Å². The van der Waals surface area contributed by atoms with Crippen molar-refractivity contribution >= 4 is 5.78 Å². The van der Waals surface area contributed by atoms with Gasteiger partial charge in [-0.2, -0.15) is 0 Å². The predicted molar refractivity (Wildman–Crippen MR) is 55.6 cm³/mol. The molecule has 1 heteroatoms. The van der Waals surface area contributed by atoms with Gasteiger partial charge in [-0.25, -0.2) is 0 Å². The molecule has 0 heterocycles. The monoisotopic (exact) mass is 180 g/mol. The zero-order valence-electron chi connectivity index (χ0n) is 9.02. The molecule has 1 unspecified atom stereocenters. The summed E-state index contributed by atoms with van der Waals surface area (Å²) in [5, 5.41) is 0. The molecule has 1 atom stereocenters. The van der Waals surface area contributed by atoms with Gasteiger partial charge in [-0.3, -0.25) is 4.79 Å². The van der Waals surface area contributed by atoms with Crippen LogP contribution in [-0.2, 0) is 4.79 Å². The normalized spacial score (nSPS) is 27.3. The second kappa shape index (κ2) is 3.65. The van der Waals surface area contributed by atoms with Gasteiger partial charge in [-0.15, -0.1) is 0 Å². The maximum atomic E-state index is 11.7. The van der Waals surface area contributed by atoms with Gasteiger partial charge in [-0.05, 0) is 24.7 Å². The molecule has 0 N–H and O–H groups in total. The highest BCUT2D eigenvalue weighted by atomic mass is 16.1. The highest BCUT2D eigenvalue weighted by Crippen LogP contribution is 2.43. The molecule has 0 amide bonds. The van der Waals surface area contributed by atoms with E-state index in [0.717, 1.165) is 18.4 Å². The minimum Gasteiger partial charge on any atom is -0.299 e. The zero-order chi connectivity index (χ0) is 10.1. The number of ketones is 1. The van der Waals surface area contributed by atoms with Gasteiger partial charge in [-0.1, -0.05) is 32.9 Å². The van der Waals surface area contributed by atoms with E-state index in [1.165, 1.54) is 6.42 Å². The second-order valence-electron chi connectivity index (χ2n) is 4.75. The van der Waals surface area contributed by atoms with Crippen molar-refractivity contribution in [3.05, 3.63) is 12.2 Å². The van der Waals surface area contributed by atoms with Crippen molar-refractivity contribution in [2.45, 2.75) is 46.5 Å². The van der Waals surface area contributed by atoms with Crippen LogP contribution in [0.15, 0.2) is 12.2 Å². The van der Waals surface area contributed by atoms with Crippen LogP contribution >= 0.6 is 0 Å². The number of Topliss-reactive ketones (excluding diaryl/α,β-unsaturated/α-hetero) is 1. The fourth-order valence-electron chi connectivity index (χ4n) is 2.48. The van der Waals surface area contributed by atoms with E-state index in [0.29, 0.717) is 12.2 Å². The molecule has 1 nitrogen and oxygen atoms in total. The van der Waals surface area contributed by atoms with Gasteiger partial charge in [0.15, 0.2) is 0 Å². The Hall–Kier alpha value is -0.590. The van der Waals surface area contributed by atoms with E-state index < -0.39 is 0 Å². The molecule has 74 valence electrons. The van der Waals surface area contributed by atoms with Crippen LogP contribution in [0.2, 0.25) is 0 Å². The summed E-state index contributed by atoms with van der Waals surface area (Å²) < 4.78 is 0. The summed E-state index contributed by atoms with van der Waals surface area (Å²) in [5.41, 5.74) is 1.30. The molecule has 0 saturated heterocycles. The Kier molecular flexibility index (Phi) is 2.94. The summed E-state index contributed by atoms with van der Waals surface area (Å²) in [6.45, 7) is 10.4. The maximum absolute atomic E-state index is 11.7. The summed E-state index contributed by atoms with van der Waals surface area (Å²) in [5.74, 6) is 0.487. The first-order valence-electron chi connectivity index (χ1n) is 5.19. The van der Waals surface area contributed by atoms with Gasteiger partial charge >= 0.3 is 0 Å². The minimum atomic E-state index is 0.117. The predicted octanol–water partition coefficient (Wildman–Crippen LogP) is 3.35. The average Bonchev–Trinajstić information content (AvgIpc) is 2.02. The average molecular weight is 180 g/mol. The molecular weight excluding hydrogens is 160 g/mol. The smallest absolute Gasteiger partial charge is 0.140 e. The van der Waals surface area contributed by atoms with Gasteiger partial charge in [0.05, 0.1) is 0 Å². The lowest BCUT2D eigenvalue weighted by Crippen LogP contribution is -2.35. The number of carbonyl (C=O) groups excluding carboxylic acids is 1. The summed E-state index contributed by atoms with van der Waals surface area (Å²) in [6.07, 6.45) is 4.04. The van der Waals surface area contributed by atoms with E-state index in [1.807, 2.05) is 6.92 Å². The lowest BCUT2D eigenvalue weighted by atomic mass is 9.65. The van der Waals surface area contributed by atoms with Crippen molar-refractivity contribution in [3.8, 4) is 0 Å². The van der Waals surface area contributed by atoms with Crippen molar-refractivity contribution in [3.63, 3.8) is 0 Å². The SMILES string of the molecule is C=C1CCCC(C)(C)C1C(=O)CC. The van der Waals surface area contributed by atoms with Crippen LogP contribution in [-0.4, -0.2) is 5.78 Å². The Balaban J connectivity index is 2.87. The third kappa shape index (κ3) is 2.01. The quantitative estimate of drug-likeness (QED) is 0.596. The molecule has 0 spiro atoms. The van der Waals surface area contributed by atoms with Crippen molar-refractivity contribution in [1.82, 2.24) is 0 Å². The summed E-state index contributed by atoms with van der Waals surface area (Å²) in [7, 11) is 0. The first kappa shape index (κ1) is 10.5. The molecule has 0 radical (unpaired) electrons. The van der Waals surface area contributed by atoms with E-state index in [1.54, 1.807) is 0 Å². The second-order valence-corrected chi connectivity index (χ2v) is 4.75. The third-order valence-corrected chi connectivity index (χ3v) is 3.18. The molecule has 13 heavy (non-hydrogen) atoms. The van der Waals surface area contributed by atoms with Gasteiger partial charge in [0, 0.05) is 12.3 Å². The van der Waals surface area contributed by atoms with Crippen molar-refractivity contribution in [1.29, 1.82) is 0 Å². The van der Waals surface area contributed by atoms with E-state index in [4.69, 9.17) is 0 Å². The molecule has 0 aromatic heterocycles. The molecule has 1 aliphatic carbocycles. The van der Waals surface area contributed by atoms with Crippen LogP contribution in [0, 0.1) is 11.3 Å². The summed E-state index contributed by atoms with van der Waals surface area (Å²) >= 11 is 0. The highest BCUT2D eigenvalue weighted by molar-refractivity contribution is 5.84. The van der Waals surface area contributed by atoms with Crippen molar-refractivity contribution in [2.75, 3.05) is 0 Å². The molecule has 1 aliphatic rings. The van der Waals surface area contributed by atoms with Gasteiger partial charge < -0.3 is 0 Å². The van der Waals surface area contributed by atoms with E-state index >= 15 is 0 Å². The fourth-order valence-corrected chi connectivity index (χ4v) is 2.48. The molecule has 1 rings (SSSR count). The lowest BCUT2D eigenvalue weighted by molar-refractivity contribution is -0.125. The van der Waals surface area contributed by atoms with Crippen LogP contribution in [0.4, 0.5) is 0 Å². The molecule has 0 aliphatic heterocycles. The standard InChI is InChI=1S/C12H20O/c1-5-10(13)11-9(2)7-6-8-12(11,3)4/h11H,2,5-8H2,1,3-4H3. The number of hydrogen-bond donors (Lipinski definition) is 0. The van der Waals surface area contributed by atoms with E-state index in [2.05, 4.69) is 20.4 Å². The van der Waals surface area contributed by atoms with E-state index in [-0.39, 0.29) is 11.3 Å². The zero-order valence-corrected chi connectivity index (χ0v) is 9.02. The topological polar surface area (TPSA) is 17.1 Å². The first-order chi connectivity index (χ1) is 5.99. The molecule has 1 fully saturated rings. The lowest BCUT2D eigenvalue weighted by Gasteiger charge is -2.39. The summed E-state index contributed by atoms with van der Waals surface area (Å²) in [4.78, 5) is 11.7. The van der Waals surface area contributed by atoms with Crippen LogP contribution in [0.25, 0.3) is 0 Å². The van der Waals surface area contributed by atoms with Crippen molar-refractivity contribution in [2.24, 2.45) is 11.3 Å². The maximum Gasteiger partial charge on any atom is 0.140 e. The minimum absolute atomic E-state index is 0.117. The molecule has 1 saturated carbocycles. The fraction of sp³-hybridized carbons (Fsp3) is 0.750. The largest absolute Gasteiger partial charge is 0.299 e. The van der Waals surface area contributed by atoms with Crippen LogP contribution < -0.4 is 0 Å². The van der Waals surface area contributed by atoms with Crippen molar-refractivity contribution < 1.29 is 4.79 Å². The van der Waals surface area contributed by atoms with E-state index in [9.17, 15) is 4.79 Å². The third-order valence-electron chi connectivity index (χ3n) is 3.18. The Morgan fingerprint density at radius 3 is 2.69 bits per heavy atom. The van der Waals surface area contributed by atoms with Crippen LogP contribution in [0.3, 0.4) is 0 Å². The Morgan fingerprint density at radius 2 is 2.23 bits per heavy atom. The number of carbonyl (C=O) groups is 1. The molecule has 0 aromatic rings. The number of rotatable bonds is 2. The summed E-state index contributed by atoms with van der Waals surface area (Å²) in [6, 6.07) is 0. The molecular formula is C12H20O. The molecule has 0 bridgehead atoms. The Labute approximate surface area is 81.2 Å². The Morgan fingerprint density at radius 1 is 1.62 bits per heavy atom. The first-order valence-corrected chi connectivity index (χ1v) is 5.19. The Bertz CT molecular complexity index is 217. The van der Waals surface area contributed by atoms with Crippen LogP contribution in [0.5, 0.6) is 0 Å². The van der Waals surface area contributed by atoms with Gasteiger partial charge in [0.2, 0.25) is 0 Å². The van der Waals surface area contributed by atoms with Crippen LogP contribution in [0.1, 0.15) is 46.5 Å².